The van der Waals surface area contributed by atoms with Gasteiger partial charge in [-0.25, -0.2) is 0 Å². The molecular formula is C15H29NOS. The summed E-state index contributed by atoms with van der Waals surface area (Å²) in [5, 5.41) is 4.43. The van der Waals surface area contributed by atoms with Crippen LogP contribution in [0.4, 0.5) is 0 Å². The molecule has 0 aromatic carbocycles. The van der Waals surface area contributed by atoms with Gasteiger partial charge in [-0.3, -0.25) is 0 Å². The number of hydrogen-bond acceptors (Lipinski definition) is 3. The zero-order chi connectivity index (χ0) is 12.6. The van der Waals surface area contributed by atoms with Crippen LogP contribution >= 0.6 is 11.8 Å². The molecule has 1 aliphatic carbocycles. The Bertz CT molecular complexity index is 213. The van der Waals surface area contributed by atoms with Gasteiger partial charge in [-0.15, -0.1) is 0 Å². The van der Waals surface area contributed by atoms with Crippen LogP contribution in [0.25, 0.3) is 0 Å². The largest absolute Gasteiger partial charge is 0.378 e. The third-order valence-corrected chi connectivity index (χ3v) is 5.89. The van der Waals surface area contributed by atoms with Gasteiger partial charge in [-0.05, 0) is 45.6 Å². The SMILES string of the molecule is CNC(CCC1CCCO1)CSC1CCCCC1. The van der Waals surface area contributed by atoms with E-state index >= 15 is 0 Å². The van der Waals surface area contributed by atoms with Gasteiger partial charge < -0.3 is 10.1 Å². The summed E-state index contributed by atoms with van der Waals surface area (Å²) in [6.07, 6.45) is 12.9. The van der Waals surface area contributed by atoms with Gasteiger partial charge in [0.2, 0.25) is 0 Å². The van der Waals surface area contributed by atoms with E-state index in [2.05, 4.69) is 24.1 Å². The molecule has 0 spiro atoms. The lowest BCUT2D eigenvalue weighted by Crippen LogP contribution is -2.30. The first kappa shape index (κ1) is 14.7. The lowest BCUT2D eigenvalue weighted by Gasteiger charge is -2.24. The quantitative estimate of drug-likeness (QED) is 0.764. The van der Waals surface area contributed by atoms with E-state index in [4.69, 9.17) is 4.74 Å². The fourth-order valence-electron chi connectivity index (χ4n) is 3.05. The molecule has 2 unspecified atom stereocenters. The maximum atomic E-state index is 5.71. The summed E-state index contributed by atoms with van der Waals surface area (Å²) in [4.78, 5) is 0. The van der Waals surface area contributed by atoms with Crippen molar-refractivity contribution in [1.29, 1.82) is 0 Å². The first-order chi connectivity index (χ1) is 8.88. The maximum Gasteiger partial charge on any atom is 0.0576 e. The topological polar surface area (TPSA) is 21.3 Å². The third kappa shape index (κ3) is 5.10. The molecule has 2 fully saturated rings. The Labute approximate surface area is 117 Å². The van der Waals surface area contributed by atoms with Crippen LogP contribution in [0.5, 0.6) is 0 Å². The van der Waals surface area contributed by atoms with Gasteiger partial charge in [0, 0.05) is 23.7 Å². The first-order valence-electron chi connectivity index (χ1n) is 7.79. The van der Waals surface area contributed by atoms with Crippen LogP contribution in [0.2, 0.25) is 0 Å². The highest BCUT2D eigenvalue weighted by Crippen LogP contribution is 2.29. The molecule has 2 aliphatic rings. The molecule has 0 radical (unpaired) electrons. The Kier molecular flexibility index (Phi) is 6.88. The molecule has 2 atom stereocenters. The molecule has 0 aromatic rings. The van der Waals surface area contributed by atoms with E-state index in [1.54, 1.807) is 0 Å². The van der Waals surface area contributed by atoms with E-state index in [1.807, 2.05) is 0 Å². The molecule has 0 amide bonds. The molecule has 1 heterocycles. The van der Waals surface area contributed by atoms with Gasteiger partial charge in [0.25, 0.3) is 0 Å². The summed E-state index contributed by atoms with van der Waals surface area (Å²) in [6, 6.07) is 0.682. The molecule has 2 rings (SSSR count). The Morgan fingerprint density at radius 1 is 1.17 bits per heavy atom. The molecule has 0 bridgehead atoms. The number of hydrogen-bond donors (Lipinski definition) is 1. The molecule has 1 saturated carbocycles. The molecule has 18 heavy (non-hydrogen) atoms. The third-order valence-electron chi connectivity index (χ3n) is 4.35. The second-order valence-electron chi connectivity index (χ2n) is 5.79. The zero-order valence-corrected chi connectivity index (χ0v) is 12.6. The van der Waals surface area contributed by atoms with Gasteiger partial charge in [-0.1, -0.05) is 19.3 Å². The van der Waals surface area contributed by atoms with Gasteiger partial charge in [0.05, 0.1) is 6.10 Å². The molecule has 1 aliphatic heterocycles. The smallest absolute Gasteiger partial charge is 0.0576 e. The second-order valence-corrected chi connectivity index (χ2v) is 7.12. The van der Waals surface area contributed by atoms with E-state index in [0.717, 1.165) is 11.9 Å². The Balaban J connectivity index is 1.58. The summed E-state index contributed by atoms with van der Waals surface area (Å²) in [5.41, 5.74) is 0. The first-order valence-corrected chi connectivity index (χ1v) is 8.84. The highest BCUT2D eigenvalue weighted by molar-refractivity contribution is 7.99. The van der Waals surface area contributed by atoms with Crippen molar-refractivity contribution in [3.05, 3.63) is 0 Å². The van der Waals surface area contributed by atoms with E-state index in [0.29, 0.717) is 12.1 Å². The summed E-state index contributed by atoms with van der Waals surface area (Å²) < 4.78 is 5.71. The van der Waals surface area contributed by atoms with Crippen LogP contribution in [0, 0.1) is 0 Å². The Hall–Kier alpha value is 0.270. The minimum absolute atomic E-state index is 0.556. The predicted octanol–water partition coefficient (Wildman–Crippen LogP) is 3.60. The van der Waals surface area contributed by atoms with Crippen LogP contribution in [-0.4, -0.2) is 36.8 Å². The number of thioether (sulfide) groups is 1. The normalized spacial score (nSPS) is 27.5. The summed E-state index contributed by atoms with van der Waals surface area (Å²) in [7, 11) is 2.11. The Morgan fingerprint density at radius 3 is 2.67 bits per heavy atom. The number of rotatable bonds is 7. The van der Waals surface area contributed by atoms with E-state index in [1.165, 1.54) is 63.5 Å². The summed E-state index contributed by atoms with van der Waals surface area (Å²) in [6.45, 7) is 0.992. The minimum Gasteiger partial charge on any atom is -0.378 e. The van der Waals surface area contributed by atoms with Gasteiger partial charge in [-0.2, -0.15) is 11.8 Å². The van der Waals surface area contributed by atoms with Gasteiger partial charge >= 0.3 is 0 Å². The van der Waals surface area contributed by atoms with Crippen molar-refractivity contribution in [3.8, 4) is 0 Å². The molecule has 1 saturated heterocycles. The van der Waals surface area contributed by atoms with Crippen LogP contribution in [0.15, 0.2) is 0 Å². The van der Waals surface area contributed by atoms with E-state index in [9.17, 15) is 0 Å². The number of ether oxygens (including phenoxy) is 1. The van der Waals surface area contributed by atoms with Crippen molar-refractivity contribution in [1.82, 2.24) is 5.32 Å². The summed E-state index contributed by atoms with van der Waals surface area (Å²) >= 11 is 2.21. The molecule has 0 aromatic heterocycles. The van der Waals surface area contributed by atoms with Crippen molar-refractivity contribution < 1.29 is 4.74 Å². The second kappa shape index (κ2) is 8.44. The average Bonchev–Trinajstić information content (AvgIpc) is 2.93. The van der Waals surface area contributed by atoms with E-state index < -0.39 is 0 Å². The predicted molar refractivity (Wildman–Crippen MR) is 80.4 cm³/mol. The van der Waals surface area contributed by atoms with Crippen molar-refractivity contribution in [3.63, 3.8) is 0 Å². The maximum absolute atomic E-state index is 5.71. The highest BCUT2D eigenvalue weighted by Gasteiger charge is 2.19. The van der Waals surface area contributed by atoms with Crippen molar-refractivity contribution >= 4 is 11.8 Å². The Morgan fingerprint density at radius 2 is 2.00 bits per heavy atom. The van der Waals surface area contributed by atoms with E-state index in [-0.39, 0.29) is 0 Å². The molecule has 1 N–H and O–H groups in total. The van der Waals surface area contributed by atoms with Crippen molar-refractivity contribution in [2.75, 3.05) is 19.4 Å². The molecule has 106 valence electrons. The number of nitrogens with one attached hydrogen (secondary N) is 1. The van der Waals surface area contributed by atoms with Gasteiger partial charge in [0.1, 0.15) is 0 Å². The van der Waals surface area contributed by atoms with Gasteiger partial charge in [0.15, 0.2) is 0 Å². The van der Waals surface area contributed by atoms with Crippen molar-refractivity contribution in [2.24, 2.45) is 0 Å². The monoisotopic (exact) mass is 271 g/mol. The average molecular weight is 271 g/mol. The molecule has 3 heteroatoms. The molecule has 2 nitrogen and oxygen atoms in total. The van der Waals surface area contributed by atoms with Crippen LogP contribution < -0.4 is 5.32 Å². The lowest BCUT2D eigenvalue weighted by molar-refractivity contribution is 0.100. The standard InChI is InChI=1S/C15H29NOS/c1-16-13(9-10-14-6-5-11-17-14)12-18-15-7-3-2-4-8-15/h13-16H,2-12H2,1H3. The molecular weight excluding hydrogens is 242 g/mol. The summed E-state index contributed by atoms with van der Waals surface area (Å²) in [5.74, 6) is 1.29. The van der Waals surface area contributed by atoms with Crippen LogP contribution in [0.1, 0.15) is 57.8 Å². The fraction of sp³-hybridized carbons (Fsp3) is 1.00. The highest BCUT2D eigenvalue weighted by atomic mass is 32.2. The minimum atomic E-state index is 0.556. The fourth-order valence-corrected chi connectivity index (χ4v) is 4.56. The van der Waals surface area contributed by atoms with Crippen molar-refractivity contribution in [2.45, 2.75) is 75.2 Å². The lowest BCUT2D eigenvalue weighted by atomic mass is 10.0. The van der Waals surface area contributed by atoms with Crippen LogP contribution in [0.3, 0.4) is 0 Å². The zero-order valence-electron chi connectivity index (χ0n) is 11.8. The van der Waals surface area contributed by atoms with Crippen LogP contribution in [-0.2, 0) is 4.74 Å².